The summed E-state index contributed by atoms with van der Waals surface area (Å²) < 4.78 is 18.5. The molecule has 2 aromatic rings. The number of hydrogen-bond donors (Lipinski definition) is 0. The Morgan fingerprint density at radius 2 is 1.56 bits per heavy atom. The second-order valence-electron chi connectivity index (χ2n) is 13.1. The first-order chi connectivity index (χ1) is 19.5. The summed E-state index contributed by atoms with van der Waals surface area (Å²) in [7, 11) is -1.92. The normalized spacial score (nSPS) is 21.9. The highest BCUT2D eigenvalue weighted by Crippen LogP contribution is 2.48. The van der Waals surface area contributed by atoms with Crippen LogP contribution in [-0.2, 0) is 31.9 Å². The molecule has 1 unspecified atom stereocenters. The lowest BCUT2D eigenvalue weighted by atomic mass is 9.64. The highest BCUT2D eigenvalue weighted by Gasteiger charge is 2.51. The zero-order valence-corrected chi connectivity index (χ0v) is 26.5. The van der Waals surface area contributed by atoms with E-state index in [0.29, 0.717) is 32.8 Å². The first kappa shape index (κ1) is 31.2. The van der Waals surface area contributed by atoms with Gasteiger partial charge in [-0.2, -0.15) is 0 Å². The Kier molecular flexibility index (Phi) is 10.3. The van der Waals surface area contributed by atoms with Crippen LogP contribution in [0.2, 0.25) is 18.1 Å². The van der Waals surface area contributed by atoms with Crippen molar-refractivity contribution < 1.29 is 23.5 Å². The van der Waals surface area contributed by atoms with E-state index in [4.69, 9.17) is 13.9 Å². The average molecular weight is 578 g/mol. The van der Waals surface area contributed by atoms with Gasteiger partial charge in [0.05, 0.1) is 25.2 Å². The van der Waals surface area contributed by atoms with Crippen LogP contribution in [0.5, 0.6) is 0 Å². The molecule has 1 aliphatic heterocycles. The predicted octanol–water partition coefficient (Wildman–Crippen LogP) is 7.90. The number of likely N-dealkylation sites (tertiary alicyclic amines) is 1. The quantitative estimate of drug-likeness (QED) is 0.224. The van der Waals surface area contributed by atoms with Crippen molar-refractivity contribution in [3.63, 3.8) is 0 Å². The molecule has 222 valence electrons. The van der Waals surface area contributed by atoms with Crippen LogP contribution in [0.3, 0.4) is 0 Å². The van der Waals surface area contributed by atoms with Gasteiger partial charge in [-0.05, 0) is 60.5 Å². The Balaban J connectivity index is 1.54. The molecule has 0 bridgehead atoms. The molecule has 1 aliphatic carbocycles. The van der Waals surface area contributed by atoms with Crippen LogP contribution in [0.1, 0.15) is 64.0 Å². The van der Waals surface area contributed by atoms with Gasteiger partial charge in [0.1, 0.15) is 6.61 Å². The van der Waals surface area contributed by atoms with E-state index < -0.39 is 19.8 Å². The fourth-order valence-electron chi connectivity index (χ4n) is 5.53. The largest absolute Gasteiger partial charge is 0.444 e. The van der Waals surface area contributed by atoms with Gasteiger partial charge in [0, 0.05) is 12.5 Å². The summed E-state index contributed by atoms with van der Waals surface area (Å²) in [5.41, 5.74) is 2.53. The molecule has 6 nitrogen and oxygen atoms in total. The molecule has 1 fully saturated rings. The molecule has 0 aromatic heterocycles. The number of ether oxygens (including phenoxy) is 2. The van der Waals surface area contributed by atoms with Crippen molar-refractivity contribution in [3.05, 3.63) is 83.4 Å². The van der Waals surface area contributed by atoms with Crippen LogP contribution >= 0.6 is 0 Å². The van der Waals surface area contributed by atoms with Crippen LogP contribution < -0.4 is 0 Å². The molecular formula is C34H47NO5Si. The van der Waals surface area contributed by atoms with Crippen LogP contribution in [0.15, 0.2) is 72.3 Å². The summed E-state index contributed by atoms with van der Waals surface area (Å²) in [6.45, 7) is 13.3. The number of imide groups is 1. The minimum atomic E-state index is -1.92. The van der Waals surface area contributed by atoms with E-state index in [1.807, 2.05) is 60.7 Å². The number of carbonyl (C=O) groups is 2. The van der Waals surface area contributed by atoms with Gasteiger partial charge in [-0.25, -0.2) is 9.69 Å². The maximum Gasteiger partial charge on any atom is 0.416 e. The van der Waals surface area contributed by atoms with E-state index >= 15 is 0 Å². The van der Waals surface area contributed by atoms with Gasteiger partial charge in [-0.1, -0.05) is 93.9 Å². The number of amides is 2. The fraction of sp³-hybridized carbons (Fsp3) is 0.529. The summed E-state index contributed by atoms with van der Waals surface area (Å²) in [6.07, 6.45) is 5.53. The van der Waals surface area contributed by atoms with Crippen molar-refractivity contribution in [2.24, 2.45) is 11.3 Å². The van der Waals surface area contributed by atoms with Crippen LogP contribution in [0, 0.1) is 11.3 Å². The van der Waals surface area contributed by atoms with E-state index in [1.54, 1.807) is 0 Å². The summed E-state index contributed by atoms with van der Waals surface area (Å²) in [4.78, 5) is 28.9. The molecule has 4 rings (SSSR count). The SMILES string of the molecule is CC(C)(C)[Si](C)(C)OCC1=C[C@H](COCc2ccccc2)C2(CCCCN(C(=O)OCc3ccccc3)C2=O)CC1. The van der Waals surface area contributed by atoms with Gasteiger partial charge in [-0.15, -0.1) is 0 Å². The molecule has 2 atom stereocenters. The van der Waals surface area contributed by atoms with E-state index in [9.17, 15) is 9.59 Å². The van der Waals surface area contributed by atoms with Crippen molar-refractivity contribution in [2.45, 2.75) is 84.2 Å². The van der Waals surface area contributed by atoms with Gasteiger partial charge in [0.15, 0.2) is 8.32 Å². The number of hydrogen-bond acceptors (Lipinski definition) is 5. The topological polar surface area (TPSA) is 65.1 Å². The summed E-state index contributed by atoms with van der Waals surface area (Å²) >= 11 is 0. The first-order valence-corrected chi connectivity index (χ1v) is 17.9. The molecule has 41 heavy (non-hydrogen) atoms. The fourth-order valence-corrected chi connectivity index (χ4v) is 6.51. The predicted molar refractivity (Wildman–Crippen MR) is 165 cm³/mol. The third-order valence-corrected chi connectivity index (χ3v) is 13.7. The summed E-state index contributed by atoms with van der Waals surface area (Å²) in [5.74, 6) is -0.269. The smallest absolute Gasteiger partial charge is 0.416 e. The Hall–Kier alpha value is -2.74. The third-order valence-electron chi connectivity index (χ3n) is 9.22. The van der Waals surface area contributed by atoms with Crippen molar-refractivity contribution in [2.75, 3.05) is 19.8 Å². The lowest BCUT2D eigenvalue weighted by molar-refractivity contribution is -0.145. The molecule has 1 spiro atoms. The van der Waals surface area contributed by atoms with Gasteiger partial charge in [0.25, 0.3) is 0 Å². The molecule has 0 radical (unpaired) electrons. The maximum atomic E-state index is 14.3. The molecule has 1 saturated heterocycles. The van der Waals surface area contributed by atoms with Crippen LogP contribution in [0.25, 0.3) is 0 Å². The van der Waals surface area contributed by atoms with Gasteiger partial charge < -0.3 is 13.9 Å². The van der Waals surface area contributed by atoms with Crippen LogP contribution in [-0.4, -0.2) is 45.0 Å². The zero-order valence-electron chi connectivity index (χ0n) is 25.5. The first-order valence-electron chi connectivity index (χ1n) is 15.0. The lowest BCUT2D eigenvalue weighted by Crippen LogP contribution is -2.51. The molecule has 2 aliphatic rings. The summed E-state index contributed by atoms with van der Waals surface area (Å²) in [6, 6.07) is 19.7. The Bertz CT molecular complexity index is 1190. The minimum Gasteiger partial charge on any atom is -0.444 e. The van der Waals surface area contributed by atoms with Crippen LogP contribution in [0.4, 0.5) is 4.79 Å². The van der Waals surface area contributed by atoms with Gasteiger partial charge >= 0.3 is 6.09 Å². The molecule has 2 amide bonds. The Morgan fingerprint density at radius 1 is 0.927 bits per heavy atom. The maximum absolute atomic E-state index is 14.3. The lowest BCUT2D eigenvalue weighted by Gasteiger charge is -2.43. The zero-order chi connectivity index (χ0) is 29.5. The highest BCUT2D eigenvalue weighted by atomic mass is 28.4. The van der Waals surface area contributed by atoms with E-state index in [1.165, 1.54) is 10.5 Å². The minimum absolute atomic E-state index is 0.123. The van der Waals surface area contributed by atoms with Crippen molar-refractivity contribution in [1.29, 1.82) is 0 Å². The number of rotatable bonds is 9. The molecule has 1 heterocycles. The molecule has 0 N–H and O–H groups in total. The van der Waals surface area contributed by atoms with E-state index in [0.717, 1.165) is 36.8 Å². The highest BCUT2D eigenvalue weighted by molar-refractivity contribution is 6.74. The van der Waals surface area contributed by atoms with E-state index in [2.05, 4.69) is 39.9 Å². The summed E-state index contributed by atoms with van der Waals surface area (Å²) in [5, 5.41) is 0.125. The molecule has 2 aromatic carbocycles. The number of carbonyl (C=O) groups excluding carboxylic acids is 2. The van der Waals surface area contributed by atoms with Crippen molar-refractivity contribution in [3.8, 4) is 0 Å². The standard InChI is InChI=1S/C34H47NO5Si/c1-33(2,3)41(4,5)40-25-29-18-20-34(30(22-29)26-38-23-27-14-8-6-9-15-27)19-12-13-21-35(31(34)36)32(37)39-24-28-16-10-7-11-17-28/h6-11,14-17,22,30H,12-13,18-21,23-26H2,1-5H3/t30-,34?/m1/s1. The van der Waals surface area contributed by atoms with Gasteiger partial charge in [-0.3, -0.25) is 4.79 Å². The third kappa shape index (κ3) is 7.76. The van der Waals surface area contributed by atoms with Gasteiger partial charge in [0.2, 0.25) is 5.91 Å². The molecule has 7 heteroatoms. The van der Waals surface area contributed by atoms with Crippen molar-refractivity contribution in [1.82, 2.24) is 4.90 Å². The second-order valence-corrected chi connectivity index (χ2v) is 17.9. The second kappa shape index (κ2) is 13.5. The Morgan fingerprint density at radius 3 is 2.20 bits per heavy atom. The van der Waals surface area contributed by atoms with Crippen molar-refractivity contribution >= 4 is 20.3 Å². The number of nitrogens with zero attached hydrogens (tertiary/aromatic N) is 1. The Labute approximate surface area is 247 Å². The van der Waals surface area contributed by atoms with E-state index in [-0.39, 0.29) is 23.5 Å². The average Bonchev–Trinajstić information content (AvgIpc) is 3.11. The monoisotopic (exact) mass is 577 g/mol. The molecular weight excluding hydrogens is 530 g/mol. The molecule has 0 saturated carbocycles. The number of benzene rings is 2.